The minimum absolute atomic E-state index is 0.0693. The van der Waals surface area contributed by atoms with E-state index in [1.165, 1.54) is 0 Å². The van der Waals surface area contributed by atoms with E-state index in [4.69, 9.17) is 23.8 Å². The van der Waals surface area contributed by atoms with E-state index in [1.807, 2.05) is 0 Å². The number of halogens is 5. The number of hydrogen-bond donors (Lipinski definition) is 2. The number of alkyl halides is 3. The number of carbonyl (C=O) groups is 1. The molecule has 0 unspecified atom stereocenters. The van der Waals surface area contributed by atoms with Gasteiger partial charge < -0.3 is 5.32 Å². The van der Waals surface area contributed by atoms with E-state index >= 15 is 0 Å². The molecule has 1 amide bonds. The summed E-state index contributed by atoms with van der Waals surface area (Å²) in [5, 5.41) is 4.81. The average Bonchev–Trinajstić information content (AvgIpc) is 2.48. The molecular weight excluding hydrogens is 476 g/mol. The molecule has 0 radical (unpaired) electrons. The number of benzene rings is 2. The Bertz CT molecular complexity index is 781. The van der Waals surface area contributed by atoms with Crippen LogP contribution in [0.15, 0.2) is 42.5 Å². The Morgan fingerprint density at radius 1 is 1.12 bits per heavy atom. The zero-order valence-corrected chi connectivity index (χ0v) is 15.5. The van der Waals surface area contributed by atoms with Crippen LogP contribution in [0.2, 0.25) is 5.02 Å². The van der Waals surface area contributed by atoms with Gasteiger partial charge in [0.15, 0.2) is 5.11 Å². The molecule has 9 heteroatoms. The van der Waals surface area contributed by atoms with Crippen LogP contribution in [0.25, 0.3) is 0 Å². The van der Waals surface area contributed by atoms with Gasteiger partial charge in [-0.15, -0.1) is 0 Å². The van der Waals surface area contributed by atoms with Gasteiger partial charge in [-0.05, 0) is 77.3 Å². The quantitative estimate of drug-likeness (QED) is 0.461. The lowest BCUT2D eigenvalue weighted by molar-refractivity contribution is -0.137. The first-order valence-electron chi connectivity index (χ1n) is 6.41. The van der Waals surface area contributed by atoms with Gasteiger partial charge in [0, 0.05) is 9.13 Å². The second kappa shape index (κ2) is 7.66. The lowest BCUT2D eigenvalue weighted by Crippen LogP contribution is -2.34. The fourth-order valence-electron chi connectivity index (χ4n) is 1.72. The monoisotopic (exact) mass is 484 g/mol. The van der Waals surface area contributed by atoms with Gasteiger partial charge in [-0.3, -0.25) is 10.1 Å². The maximum atomic E-state index is 12.6. The summed E-state index contributed by atoms with van der Waals surface area (Å²) in [6, 6.07) is 9.59. The van der Waals surface area contributed by atoms with Crippen molar-refractivity contribution in [2.75, 3.05) is 5.32 Å². The zero-order chi connectivity index (χ0) is 17.9. The summed E-state index contributed by atoms with van der Waals surface area (Å²) in [5.74, 6) is -0.438. The van der Waals surface area contributed by atoms with E-state index in [9.17, 15) is 18.0 Å². The van der Waals surface area contributed by atoms with Crippen LogP contribution < -0.4 is 10.6 Å². The van der Waals surface area contributed by atoms with Crippen LogP contribution in [0.3, 0.4) is 0 Å². The topological polar surface area (TPSA) is 41.1 Å². The largest absolute Gasteiger partial charge is 0.416 e. The molecule has 24 heavy (non-hydrogen) atoms. The molecule has 0 spiro atoms. The van der Waals surface area contributed by atoms with Crippen molar-refractivity contribution in [2.24, 2.45) is 0 Å². The Kier molecular flexibility index (Phi) is 6.05. The van der Waals surface area contributed by atoms with Gasteiger partial charge in [-0.2, -0.15) is 13.2 Å². The number of thiocarbonyl (C=S) groups is 1. The van der Waals surface area contributed by atoms with Crippen molar-refractivity contribution in [2.45, 2.75) is 6.18 Å². The number of hydrogen-bond acceptors (Lipinski definition) is 2. The minimum atomic E-state index is -4.48. The Morgan fingerprint density at radius 3 is 2.29 bits per heavy atom. The Morgan fingerprint density at radius 2 is 1.75 bits per heavy atom. The highest BCUT2D eigenvalue weighted by Gasteiger charge is 2.30. The van der Waals surface area contributed by atoms with Gasteiger partial charge in [0.05, 0.1) is 16.3 Å². The van der Waals surface area contributed by atoms with Crippen LogP contribution in [0, 0.1) is 3.57 Å². The highest BCUT2D eigenvalue weighted by Crippen LogP contribution is 2.33. The number of nitrogens with one attached hydrogen (secondary N) is 2. The summed E-state index contributed by atoms with van der Waals surface area (Å²) in [6.45, 7) is 0. The predicted molar refractivity (Wildman–Crippen MR) is 99.3 cm³/mol. The van der Waals surface area contributed by atoms with E-state index in [-0.39, 0.29) is 15.8 Å². The predicted octanol–water partition coefficient (Wildman–Crippen LogP) is 5.09. The van der Waals surface area contributed by atoms with Crippen molar-refractivity contribution in [3.8, 4) is 0 Å². The molecule has 2 rings (SSSR count). The Labute approximate surface area is 159 Å². The molecule has 2 aromatic carbocycles. The summed E-state index contributed by atoms with van der Waals surface area (Å²) < 4.78 is 38.7. The third kappa shape index (κ3) is 5.05. The van der Waals surface area contributed by atoms with Crippen LogP contribution in [0.5, 0.6) is 0 Å². The van der Waals surface area contributed by atoms with Crippen molar-refractivity contribution in [1.29, 1.82) is 0 Å². The van der Waals surface area contributed by atoms with E-state index in [0.717, 1.165) is 21.8 Å². The van der Waals surface area contributed by atoms with Crippen molar-refractivity contribution in [3.63, 3.8) is 0 Å². The normalized spacial score (nSPS) is 11.0. The molecule has 0 bridgehead atoms. The van der Waals surface area contributed by atoms with Crippen LogP contribution in [-0.4, -0.2) is 11.0 Å². The van der Waals surface area contributed by atoms with Crippen molar-refractivity contribution < 1.29 is 18.0 Å². The summed E-state index contributed by atoms with van der Waals surface area (Å²) in [6.07, 6.45) is -4.48. The van der Waals surface area contributed by atoms with Crippen molar-refractivity contribution in [3.05, 3.63) is 62.2 Å². The smallest absolute Gasteiger partial charge is 0.331 e. The molecule has 0 aliphatic heterocycles. The summed E-state index contributed by atoms with van der Waals surface area (Å²) in [4.78, 5) is 12.0. The average molecular weight is 485 g/mol. The third-order valence-electron chi connectivity index (χ3n) is 2.88. The molecular formula is C15H9ClF3IN2OS. The number of amides is 1. The molecule has 0 aromatic heterocycles. The summed E-state index contributed by atoms with van der Waals surface area (Å²) in [7, 11) is 0. The lowest BCUT2D eigenvalue weighted by atomic mass is 10.2. The molecule has 0 aliphatic carbocycles. The van der Waals surface area contributed by atoms with Gasteiger partial charge in [-0.25, -0.2) is 0 Å². The number of carbonyl (C=O) groups excluding carboxylic acids is 1. The SMILES string of the molecule is O=C(NC(=S)Nc1ccc(C(F)(F)F)cc1Cl)c1ccc(I)cc1. The maximum Gasteiger partial charge on any atom is 0.416 e. The summed E-state index contributed by atoms with van der Waals surface area (Å²) >= 11 is 12.9. The molecule has 0 saturated heterocycles. The molecule has 0 atom stereocenters. The highest BCUT2D eigenvalue weighted by atomic mass is 127. The molecule has 3 nitrogen and oxygen atoms in total. The molecule has 0 heterocycles. The second-order valence-electron chi connectivity index (χ2n) is 4.61. The van der Waals surface area contributed by atoms with Crippen LogP contribution in [0.1, 0.15) is 15.9 Å². The molecule has 2 aromatic rings. The fourth-order valence-corrected chi connectivity index (χ4v) is 2.51. The van der Waals surface area contributed by atoms with Gasteiger partial charge in [0.1, 0.15) is 0 Å². The minimum Gasteiger partial charge on any atom is -0.331 e. The van der Waals surface area contributed by atoms with Gasteiger partial charge >= 0.3 is 6.18 Å². The number of anilines is 1. The molecule has 126 valence electrons. The van der Waals surface area contributed by atoms with Crippen LogP contribution in [-0.2, 0) is 6.18 Å². The maximum absolute atomic E-state index is 12.6. The molecule has 2 N–H and O–H groups in total. The zero-order valence-electron chi connectivity index (χ0n) is 11.7. The molecule has 0 saturated carbocycles. The fraction of sp³-hybridized carbons (Fsp3) is 0.0667. The van der Waals surface area contributed by atoms with Crippen LogP contribution in [0.4, 0.5) is 18.9 Å². The summed E-state index contributed by atoms with van der Waals surface area (Å²) in [5.41, 5.74) is -0.303. The van der Waals surface area contributed by atoms with Gasteiger partial charge in [-0.1, -0.05) is 11.6 Å². The Balaban J connectivity index is 2.04. The first-order valence-corrected chi connectivity index (χ1v) is 8.28. The van der Waals surface area contributed by atoms with Crippen LogP contribution >= 0.6 is 46.4 Å². The van der Waals surface area contributed by atoms with Crippen molar-refractivity contribution in [1.82, 2.24) is 5.32 Å². The molecule has 0 fully saturated rings. The first kappa shape index (κ1) is 18.9. The standard InChI is InChI=1S/C15H9ClF3IN2OS/c16-11-7-9(15(17,18)19)3-6-12(11)21-14(24)22-13(23)8-1-4-10(20)5-2-8/h1-7H,(H2,21,22,23,24). The lowest BCUT2D eigenvalue weighted by Gasteiger charge is -2.13. The Hall–Kier alpha value is -1.39. The van der Waals surface area contributed by atoms with E-state index < -0.39 is 17.6 Å². The van der Waals surface area contributed by atoms with E-state index in [1.54, 1.807) is 24.3 Å². The van der Waals surface area contributed by atoms with Crippen molar-refractivity contribution >= 4 is 63.1 Å². The van der Waals surface area contributed by atoms with E-state index in [2.05, 4.69) is 33.2 Å². The highest BCUT2D eigenvalue weighted by molar-refractivity contribution is 14.1. The van der Waals surface area contributed by atoms with E-state index in [0.29, 0.717) is 5.56 Å². The number of rotatable bonds is 2. The van der Waals surface area contributed by atoms with Gasteiger partial charge in [0.25, 0.3) is 5.91 Å². The third-order valence-corrected chi connectivity index (χ3v) is 4.11. The second-order valence-corrected chi connectivity index (χ2v) is 6.67. The molecule has 0 aliphatic rings. The first-order chi connectivity index (χ1) is 11.2. The van der Waals surface area contributed by atoms with Gasteiger partial charge in [0.2, 0.25) is 0 Å².